The van der Waals surface area contributed by atoms with E-state index in [1.54, 1.807) is 25.1 Å². The first-order valence-corrected chi connectivity index (χ1v) is 7.54. The number of rotatable bonds is 2. The highest BCUT2D eigenvalue weighted by molar-refractivity contribution is 9.10. The Hall–Kier alpha value is -2.22. The molecular weight excluding hydrogens is 352 g/mol. The van der Waals surface area contributed by atoms with Crippen molar-refractivity contribution in [3.63, 3.8) is 0 Å². The standard InChI is InChI=1S/C14H13BrN4O3/c1-7-16-8-3-2-4-9(18-15)12(8)14(22)19(7)10-5-6-11(20)17-13(10)21/h2-4,10,18H,5-6H2,1H3,(H,17,20,21). The Balaban J connectivity index is 2.24. The molecule has 7 nitrogen and oxygen atoms in total. The highest BCUT2D eigenvalue weighted by atomic mass is 79.9. The minimum Gasteiger partial charge on any atom is -0.321 e. The minimum absolute atomic E-state index is 0.207. The van der Waals surface area contributed by atoms with Crippen LogP contribution in [0.3, 0.4) is 0 Å². The Bertz CT molecular complexity index is 846. The van der Waals surface area contributed by atoms with Crippen LogP contribution in [0.5, 0.6) is 0 Å². The van der Waals surface area contributed by atoms with Crippen molar-refractivity contribution in [1.82, 2.24) is 14.9 Å². The Morgan fingerprint density at radius 1 is 1.36 bits per heavy atom. The van der Waals surface area contributed by atoms with E-state index in [1.807, 2.05) is 0 Å². The van der Waals surface area contributed by atoms with E-state index in [0.717, 1.165) is 0 Å². The topological polar surface area (TPSA) is 93.1 Å². The smallest absolute Gasteiger partial charge is 0.264 e. The van der Waals surface area contributed by atoms with Crippen molar-refractivity contribution >= 4 is 44.6 Å². The molecule has 22 heavy (non-hydrogen) atoms. The lowest BCUT2D eigenvalue weighted by atomic mass is 10.1. The molecule has 1 aliphatic heterocycles. The third kappa shape index (κ3) is 2.29. The van der Waals surface area contributed by atoms with Crippen LogP contribution >= 0.6 is 16.1 Å². The molecule has 1 atom stereocenters. The van der Waals surface area contributed by atoms with Crippen molar-refractivity contribution in [2.75, 3.05) is 4.34 Å². The predicted molar refractivity (Wildman–Crippen MR) is 84.7 cm³/mol. The number of hydrogen-bond acceptors (Lipinski definition) is 5. The zero-order chi connectivity index (χ0) is 15.9. The summed E-state index contributed by atoms with van der Waals surface area (Å²) in [5.41, 5.74) is 0.825. The largest absolute Gasteiger partial charge is 0.321 e. The van der Waals surface area contributed by atoms with Gasteiger partial charge in [-0.1, -0.05) is 6.07 Å². The molecule has 1 saturated heterocycles. The number of carbonyl (C=O) groups is 2. The zero-order valence-electron chi connectivity index (χ0n) is 11.7. The van der Waals surface area contributed by atoms with Gasteiger partial charge < -0.3 is 4.34 Å². The number of carbonyl (C=O) groups excluding carboxylic acids is 2. The summed E-state index contributed by atoms with van der Waals surface area (Å²) in [6, 6.07) is 4.55. The van der Waals surface area contributed by atoms with Crippen molar-refractivity contribution in [2.45, 2.75) is 25.8 Å². The van der Waals surface area contributed by atoms with Gasteiger partial charge >= 0.3 is 0 Å². The van der Waals surface area contributed by atoms with Gasteiger partial charge in [-0.2, -0.15) is 0 Å². The Labute approximate surface area is 134 Å². The molecule has 0 spiro atoms. The third-order valence-electron chi connectivity index (χ3n) is 3.73. The molecule has 114 valence electrons. The predicted octanol–water partition coefficient (Wildman–Crippen LogP) is 1.40. The molecule has 1 aromatic carbocycles. The first kappa shape index (κ1) is 14.7. The van der Waals surface area contributed by atoms with Crippen LogP contribution in [0.1, 0.15) is 24.7 Å². The number of nitrogens with one attached hydrogen (secondary N) is 2. The maximum absolute atomic E-state index is 12.9. The van der Waals surface area contributed by atoms with E-state index in [1.165, 1.54) is 4.57 Å². The second-order valence-electron chi connectivity index (χ2n) is 5.10. The maximum atomic E-state index is 12.9. The molecule has 1 unspecified atom stereocenters. The molecule has 2 heterocycles. The molecule has 2 aromatic rings. The molecule has 0 bridgehead atoms. The van der Waals surface area contributed by atoms with Gasteiger partial charge in [0.05, 0.1) is 16.6 Å². The summed E-state index contributed by atoms with van der Waals surface area (Å²) in [6.45, 7) is 1.68. The number of nitrogens with zero attached hydrogens (tertiary/aromatic N) is 2. The Morgan fingerprint density at radius 2 is 2.14 bits per heavy atom. The second kappa shape index (κ2) is 5.53. The monoisotopic (exact) mass is 364 g/mol. The number of benzene rings is 1. The van der Waals surface area contributed by atoms with Gasteiger partial charge in [-0.25, -0.2) is 4.98 Å². The fraction of sp³-hybridized carbons (Fsp3) is 0.286. The van der Waals surface area contributed by atoms with Gasteiger partial charge in [-0.3, -0.25) is 24.3 Å². The van der Waals surface area contributed by atoms with Crippen molar-refractivity contribution in [3.8, 4) is 0 Å². The van der Waals surface area contributed by atoms with E-state index in [0.29, 0.717) is 28.8 Å². The SMILES string of the molecule is Cc1nc2cccc(NBr)c2c(=O)n1C1CCC(=O)NC1=O. The number of amides is 2. The highest BCUT2D eigenvalue weighted by Crippen LogP contribution is 2.23. The van der Waals surface area contributed by atoms with E-state index in [9.17, 15) is 14.4 Å². The lowest BCUT2D eigenvalue weighted by molar-refractivity contribution is -0.135. The first-order chi connectivity index (χ1) is 10.5. The molecule has 0 radical (unpaired) electrons. The summed E-state index contributed by atoms with van der Waals surface area (Å²) in [6.07, 6.45) is 0.501. The van der Waals surface area contributed by atoms with Crippen molar-refractivity contribution in [3.05, 3.63) is 34.4 Å². The number of halogens is 1. The van der Waals surface area contributed by atoms with Crippen molar-refractivity contribution in [2.24, 2.45) is 0 Å². The Kier molecular flexibility index (Phi) is 3.69. The van der Waals surface area contributed by atoms with E-state index < -0.39 is 11.9 Å². The summed E-state index contributed by atoms with van der Waals surface area (Å²) in [4.78, 5) is 40.6. The summed E-state index contributed by atoms with van der Waals surface area (Å²) in [7, 11) is 0. The molecule has 1 aliphatic rings. The zero-order valence-corrected chi connectivity index (χ0v) is 13.3. The number of piperidine rings is 1. The third-order valence-corrected chi connectivity index (χ3v) is 4.16. The van der Waals surface area contributed by atoms with Crippen LogP contribution < -0.4 is 15.2 Å². The maximum Gasteiger partial charge on any atom is 0.264 e. The molecule has 3 rings (SSSR count). The fourth-order valence-electron chi connectivity index (χ4n) is 2.73. The quantitative estimate of drug-likeness (QED) is 0.620. The van der Waals surface area contributed by atoms with Gasteiger partial charge in [0.1, 0.15) is 11.9 Å². The Morgan fingerprint density at radius 3 is 2.82 bits per heavy atom. The molecule has 1 aromatic heterocycles. The lowest BCUT2D eigenvalue weighted by Crippen LogP contribution is -2.45. The summed E-state index contributed by atoms with van der Waals surface area (Å²) in [5, 5.41) is 2.67. The first-order valence-electron chi connectivity index (χ1n) is 6.75. The van der Waals surface area contributed by atoms with Crippen molar-refractivity contribution in [1.29, 1.82) is 0 Å². The van der Waals surface area contributed by atoms with Gasteiger partial charge in [0, 0.05) is 22.6 Å². The number of aryl methyl sites for hydroxylation is 1. The van der Waals surface area contributed by atoms with E-state index in [2.05, 4.69) is 30.8 Å². The lowest BCUT2D eigenvalue weighted by Gasteiger charge is -2.24. The van der Waals surface area contributed by atoms with Gasteiger partial charge in [0.2, 0.25) is 11.8 Å². The van der Waals surface area contributed by atoms with Gasteiger partial charge in [-0.05, 0) is 25.5 Å². The normalized spacial score (nSPS) is 18.4. The van der Waals surface area contributed by atoms with Crippen molar-refractivity contribution < 1.29 is 9.59 Å². The van der Waals surface area contributed by atoms with Crippen LogP contribution in [0.25, 0.3) is 10.9 Å². The summed E-state index contributed by atoms with van der Waals surface area (Å²) in [5.74, 6) is -0.339. The van der Waals surface area contributed by atoms with Gasteiger partial charge in [0.15, 0.2) is 0 Å². The summed E-state index contributed by atoms with van der Waals surface area (Å²) < 4.78 is 4.14. The molecule has 2 N–H and O–H groups in total. The van der Waals surface area contributed by atoms with E-state index in [-0.39, 0.29) is 17.9 Å². The number of hydrogen-bond donors (Lipinski definition) is 2. The van der Waals surface area contributed by atoms with Gasteiger partial charge in [0.25, 0.3) is 5.56 Å². The summed E-state index contributed by atoms with van der Waals surface area (Å²) >= 11 is 3.12. The number of aromatic nitrogens is 2. The van der Waals surface area contributed by atoms with Gasteiger partial charge in [-0.15, -0.1) is 0 Å². The van der Waals surface area contributed by atoms with E-state index in [4.69, 9.17) is 0 Å². The number of imide groups is 1. The number of fused-ring (bicyclic) bond motifs is 1. The molecule has 8 heteroatoms. The van der Waals surface area contributed by atoms with Crippen LogP contribution in [-0.2, 0) is 9.59 Å². The molecule has 2 amide bonds. The molecule has 0 saturated carbocycles. The molecule has 1 fully saturated rings. The van der Waals surface area contributed by atoms with E-state index >= 15 is 0 Å². The second-order valence-corrected chi connectivity index (χ2v) is 5.49. The van der Waals surface area contributed by atoms with Crippen LogP contribution in [0.2, 0.25) is 0 Å². The fourth-order valence-corrected chi connectivity index (χ4v) is 3.06. The molecular formula is C14H13BrN4O3. The minimum atomic E-state index is -0.717. The van der Waals surface area contributed by atoms with Crippen LogP contribution in [0.4, 0.5) is 5.69 Å². The highest BCUT2D eigenvalue weighted by Gasteiger charge is 2.30. The van der Waals surface area contributed by atoms with Crippen LogP contribution in [0.15, 0.2) is 23.0 Å². The average molecular weight is 365 g/mol. The van der Waals surface area contributed by atoms with Crippen LogP contribution in [0, 0.1) is 6.92 Å². The van der Waals surface area contributed by atoms with Crippen LogP contribution in [-0.4, -0.2) is 21.4 Å². The molecule has 0 aliphatic carbocycles. The average Bonchev–Trinajstić information content (AvgIpc) is 2.48. The number of anilines is 1.